The highest BCUT2D eigenvalue weighted by Crippen LogP contribution is 2.50. The molecule has 3 rings (SSSR count). The molecule has 2 saturated carbocycles. The maximum Gasteiger partial charge on any atom is 0.246 e. The summed E-state index contributed by atoms with van der Waals surface area (Å²) in [6.45, 7) is 4.84. The van der Waals surface area contributed by atoms with Crippen LogP contribution in [-0.4, -0.2) is 35.3 Å². The minimum atomic E-state index is -0.295. The minimum Gasteiger partial charge on any atom is -0.342 e. The van der Waals surface area contributed by atoms with Crippen LogP contribution in [0.3, 0.4) is 0 Å². The van der Waals surface area contributed by atoms with E-state index in [1.54, 1.807) is 0 Å². The number of nitrogens with one attached hydrogen (secondary N) is 1. The first-order chi connectivity index (χ1) is 9.06. The molecule has 19 heavy (non-hydrogen) atoms. The topological polar surface area (TPSA) is 49.4 Å². The van der Waals surface area contributed by atoms with Gasteiger partial charge in [0.2, 0.25) is 11.8 Å². The normalized spacial score (nSPS) is 33.3. The van der Waals surface area contributed by atoms with Crippen LogP contribution in [0.5, 0.6) is 0 Å². The molecule has 0 aromatic rings. The first kappa shape index (κ1) is 12.9. The van der Waals surface area contributed by atoms with Crippen molar-refractivity contribution in [3.8, 4) is 0 Å². The van der Waals surface area contributed by atoms with E-state index < -0.39 is 0 Å². The summed E-state index contributed by atoms with van der Waals surface area (Å²) in [5, 5.41) is 2.92. The fourth-order valence-corrected chi connectivity index (χ4v) is 3.37. The van der Waals surface area contributed by atoms with Gasteiger partial charge in [0.05, 0.1) is 0 Å². The Kier molecular flexibility index (Phi) is 3.06. The van der Waals surface area contributed by atoms with Crippen molar-refractivity contribution in [2.75, 3.05) is 6.54 Å². The van der Waals surface area contributed by atoms with Gasteiger partial charge in [-0.15, -0.1) is 0 Å². The van der Waals surface area contributed by atoms with Crippen LogP contribution in [0, 0.1) is 11.3 Å². The average molecular weight is 264 g/mol. The molecule has 106 valence electrons. The molecular formula is C15H24N2O2. The minimum absolute atomic E-state index is 0.0313. The number of hydrogen-bond donors (Lipinski definition) is 1. The van der Waals surface area contributed by atoms with Gasteiger partial charge in [0.1, 0.15) is 12.1 Å². The maximum atomic E-state index is 12.6. The van der Waals surface area contributed by atoms with Crippen LogP contribution in [0.4, 0.5) is 0 Å². The lowest BCUT2D eigenvalue weighted by molar-refractivity contribution is -0.150. The van der Waals surface area contributed by atoms with E-state index in [0.717, 1.165) is 25.8 Å². The Bertz CT molecular complexity index is 399. The molecule has 4 nitrogen and oxygen atoms in total. The van der Waals surface area contributed by atoms with E-state index >= 15 is 0 Å². The van der Waals surface area contributed by atoms with E-state index in [9.17, 15) is 9.59 Å². The lowest BCUT2D eigenvalue weighted by Crippen LogP contribution is -2.63. The second-order valence-electron chi connectivity index (χ2n) is 6.72. The van der Waals surface area contributed by atoms with Crippen LogP contribution in [0.25, 0.3) is 0 Å². The van der Waals surface area contributed by atoms with Crippen molar-refractivity contribution in [1.29, 1.82) is 0 Å². The van der Waals surface area contributed by atoms with Crippen LogP contribution in [0.1, 0.15) is 52.4 Å². The smallest absolute Gasteiger partial charge is 0.246 e. The van der Waals surface area contributed by atoms with Gasteiger partial charge >= 0.3 is 0 Å². The van der Waals surface area contributed by atoms with E-state index in [2.05, 4.69) is 12.2 Å². The molecule has 4 heteroatoms. The molecule has 2 amide bonds. The van der Waals surface area contributed by atoms with Gasteiger partial charge in [-0.05, 0) is 50.4 Å². The Morgan fingerprint density at radius 2 is 2.00 bits per heavy atom. The first-order valence-electron chi connectivity index (χ1n) is 7.67. The predicted molar refractivity (Wildman–Crippen MR) is 72.4 cm³/mol. The number of rotatable bonds is 5. The summed E-state index contributed by atoms with van der Waals surface area (Å²) in [7, 11) is 0. The summed E-state index contributed by atoms with van der Waals surface area (Å²) < 4.78 is 0. The van der Waals surface area contributed by atoms with Crippen molar-refractivity contribution in [2.45, 2.75) is 64.5 Å². The Balaban J connectivity index is 1.73. The summed E-state index contributed by atoms with van der Waals surface area (Å²) in [6, 6.07) is -0.530. The van der Waals surface area contributed by atoms with Crippen LogP contribution in [0.2, 0.25) is 0 Å². The van der Waals surface area contributed by atoms with Gasteiger partial charge in [-0.1, -0.05) is 13.3 Å². The molecule has 0 radical (unpaired) electrons. The molecule has 2 unspecified atom stereocenters. The molecule has 1 aliphatic heterocycles. The highest BCUT2D eigenvalue weighted by atomic mass is 16.2. The second-order valence-corrected chi connectivity index (χ2v) is 6.72. The van der Waals surface area contributed by atoms with Crippen LogP contribution < -0.4 is 5.32 Å². The third kappa shape index (κ3) is 2.37. The molecule has 1 heterocycles. The van der Waals surface area contributed by atoms with Gasteiger partial charge in [-0.25, -0.2) is 0 Å². The molecule has 0 aromatic heterocycles. The molecule has 2 aliphatic carbocycles. The van der Waals surface area contributed by atoms with Crippen LogP contribution >= 0.6 is 0 Å². The molecule has 1 saturated heterocycles. The van der Waals surface area contributed by atoms with E-state index in [-0.39, 0.29) is 23.9 Å². The lowest BCUT2D eigenvalue weighted by Gasteiger charge is -2.39. The molecule has 0 aromatic carbocycles. The van der Waals surface area contributed by atoms with E-state index in [1.165, 1.54) is 19.3 Å². The van der Waals surface area contributed by atoms with Crippen LogP contribution in [0.15, 0.2) is 0 Å². The third-order valence-corrected chi connectivity index (χ3v) is 5.03. The zero-order valence-corrected chi connectivity index (χ0v) is 11.9. The SMILES string of the molecule is CCCC1(CN2C(=O)C(C3CC3)NC(=O)C2C)CC1. The monoisotopic (exact) mass is 264 g/mol. The van der Waals surface area contributed by atoms with E-state index in [1.807, 2.05) is 11.8 Å². The van der Waals surface area contributed by atoms with Gasteiger partial charge in [0.15, 0.2) is 0 Å². The maximum absolute atomic E-state index is 12.6. The van der Waals surface area contributed by atoms with Crippen molar-refractivity contribution in [3.05, 3.63) is 0 Å². The highest BCUT2D eigenvalue weighted by molar-refractivity contribution is 5.97. The van der Waals surface area contributed by atoms with Gasteiger partial charge < -0.3 is 10.2 Å². The largest absolute Gasteiger partial charge is 0.342 e. The number of hydrogen-bond acceptors (Lipinski definition) is 2. The van der Waals surface area contributed by atoms with E-state index in [0.29, 0.717) is 11.3 Å². The number of amides is 2. The summed E-state index contributed by atoms with van der Waals surface area (Å²) in [4.78, 5) is 26.5. The van der Waals surface area contributed by atoms with Gasteiger partial charge in [0.25, 0.3) is 0 Å². The first-order valence-corrected chi connectivity index (χ1v) is 7.67. The molecule has 2 atom stereocenters. The Morgan fingerprint density at radius 3 is 2.53 bits per heavy atom. The zero-order chi connectivity index (χ0) is 13.6. The van der Waals surface area contributed by atoms with Crippen LogP contribution in [-0.2, 0) is 9.59 Å². The average Bonchev–Trinajstić information content (AvgIpc) is 3.25. The molecular weight excluding hydrogens is 240 g/mol. The molecule has 3 aliphatic rings. The zero-order valence-electron chi connectivity index (χ0n) is 11.9. The number of carbonyl (C=O) groups excluding carboxylic acids is 2. The van der Waals surface area contributed by atoms with Crippen molar-refractivity contribution < 1.29 is 9.59 Å². The summed E-state index contributed by atoms with van der Waals surface area (Å²) in [5.41, 5.74) is 0.324. The fourth-order valence-electron chi connectivity index (χ4n) is 3.37. The van der Waals surface area contributed by atoms with Gasteiger partial charge in [-0.2, -0.15) is 0 Å². The Morgan fingerprint density at radius 1 is 1.32 bits per heavy atom. The molecule has 0 spiro atoms. The third-order valence-electron chi connectivity index (χ3n) is 5.03. The predicted octanol–water partition coefficient (Wildman–Crippen LogP) is 1.69. The number of piperazine rings is 1. The quantitative estimate of drug-likeness (QED) is 0.821. The molecule has 3 fully saturated rings. The summed E-state index contributed by atoms with van der Waals surface area (Å²) >= 11 is 0. The van der Waals surface area contributed by atoms with Gasteiger partial charge in [-0.3, -0.25) is 9.59 Å². The molecule has 1 N–H and O–H groups in total. The second kappa shape index (κ2) is 4.50. The molecule has 0 bridgehead atoms. The lowest BCUT2D eigenvalue weighted by atomic mass is 9.96. The Labute approximate surface area is 114 Å². The van der Waals surface area contributed by atoms with Crippen molar-refractivity contribution in [2.24, 2.45) is 11.3 Å². The Hall–Kier alpha value is -1.06. The van der Waals surface area contributed by atoms with Gasteiger partial charge in [0, 0.05) is 6.54 Å². The van der Waals surface area contributed by atoms with Crippen molar-refractivity contribution in [3.63, 3.8) is 0 Å². The highest BCUT2D eigenvalue weighted by Gasteiger charge is 2.50. The number of carbonyl (C=O) groups is 2. The summed E-state index contributed by atoms with van der Waals surface area (Å²) in [5.74, 6) is 0.591. The van der Waals surface area contributed by atoms with E-state index in [4.69, 9.17) is 0 Å². The van der Waals surface area contributed by atoms with Crippen molar-refractivity contribution in [1.82, 2.24) is 10.2 Å². The standard InChI is InChI=1S/C15H24N2O2/c1-3-6-15(7-8-15)9-17-10(2)13(18)16-12(14(17)19)11-4-5-11/h10-12H,3-9H2,1-2H3,(H,16,18). The fraction of sp³-hybridized carbons (Fsp3) is 0.867. The van der Waals surface area contributed by atoms with Crippen molar-refractivity contribution >= 4 is 11.8 Å². The summed E-state index contributed by atoms with van der Waals surface area (Å²) in [6.07, 6.45) is 6.94. The number of nitrogens with zero attached hydrogens (tertiary/aromatic N) is 1.